The lowest BCUT2D eigenvalue weighted by Crippen LogP contribution is -2.34. The van der Waals surface area contributed by atoms with Crippen LogP contribution in [0.5, 0.6) is 0 Å². The van der Waals surface area contributed by atoms with E-state index in [0.29, 0.717) is 23.1 Å². The van der Waals surface area contributed by atoms with E-state index in [1.54, 1.807) is 12.3 Å². The Morgan fingerprint density at radius 1 is 1.18 bits per heavy atom. The minimum Gasteiger partial charge on any atom is -0.349 e. The number of amides is 1. The summed E-state index contributed by atoms with van der Waals surface area (Å²) in [6.45, 7) is 1.36. The second kappa shape index (κ2) is 8.73. The van der Waals surface area contributed by atoms with Gasteiger partial charge in [0.05, 0.1) is 18.8 Å². The lowest BCUT2D eigenvalue weighted by molar-refractivity contribution is -0.120. The number of benzene rings is 1. The Morgan fingerprint density at radius 3 is 2.77 bits per heavy atom. The molecule has 0 aliphatic carbocycles. The Balaban J connectivity index is 1.65. The molecule has 0 fully saturated rings. The minimum absolute atomic E-state index is 0.0622. The van der Waals surface area contributed by atoms with Crippen LogP contribution in [0.15, 0.2) is 42.6 Å². The quantitative estimate of drug-likeness (QED) is 0.764. The number of pyridine rings is 1. The van der Waals surface area contributed by atoms with E-state index in [2.05, 4.69) is 15.6 Å². The van der Waals surface area contributed by atoms with Crippen LogP contribution in [0.4, 0.5) is 0 Å². The molecule has 0 unspecified atom stereocenters. The molecule has 0 atom stereocenters. The number of nitrogens with one attached hydrogen (secondary N) is 2. The van der Waals surface area contributed by atoms with E-state index in [1.807, 2.05) is 30.3 Å². The van der Waals surface area contributed by atoms with E-state index in [0.717, 1.165) is 17.7 Å². The SMILES string of the molecule is O=C(CNCCc1ccc(Cl)cc1Cl)NCc1ccccn1. The highest BCUT2D eigenvalue weighted by Gasteiger charge is 2.03. The van der Waals surface area contributed by atoms with Gasteiger partial charge >= 0.3 is 0 Å². The Hall–Kier alpha value is -1.62. The van der Waals surface area contributed by atoms with Gasteiger partial charge in [0.25, 0.3) is 0 Å². The molecule has 22 heavy (non-hydrogen) atoms. The molecule has 1 amide bonds. The van der Waals surface area contributed by atoms with Crippen molar-refractivity contribution in [3.05, 3.63) is 63.9 Å². The van der Waals surface area contributed by atoms with Gasteiger partial charge in [0.2, 0.25) is 5.91 Å². The molecule has 6 heteroatoms. The molecule has 0 aliphatic heterocycles. The van der Waals surface area contributed by atoms with Crippen LogP contribution in [-0.2, 0) is 17.8 Å². The molecule has 1 aromatic heterocycles. The highest BCUT2D eigenvalue weighted by Crippen LogP contribution is 2.20. The lowest BCUT2D eigenvalue weighted by Gasteiger charge is -2.08. The molecule has 0 saturated carbocycles. The number of nitrogens with zero attached hydrogens (tertiary/aromatic N) is 1. The average Bonchev–Trinajstić information content (AvgIpc) is 2.52. The van der Waals surface area contributed by atoms with E-state index < -0.39 is 0 Å². The molecule has 0 aliphatic rings. The Bertz CT molecular complexity index is 620. The highest BCUT2D eigenvalue weighted by atomic mass is 35.5. The standard InChI is InChI=1S/C16H17Cl2N3O/c17-13-5-4-12(15(18)9-13)6-8-19-11-16(22)21-10-14-3-1-2-7-20-14/h1-5,7,9,19H,6,8,10-11H2,(H,21,22). The van der Waals surface area contributed by atoms with Crippen LogP contribution in [0.3, 0.4) is 0 Å². The maximum absolute atomic E-state index is 11.7. The summed E-state index contributed by atoms with van der Waals surface area (Å²) in [6, 6.07) is 11.0. The number of carbonyl (C=O) groups excluding carboxylic acids is 1. The maximum atomic E-state index is 11.7. The van der Waals surface area contributed by atoms with E-state index in [4.69, 9.17) is 23.2 Å². The van der Waals surface area contributed by atoms with Gasteiger partial charge in [-0.3, -0.25) is 9.78 Å². The normalized spacial score (nSPS) is 10.5. The molecule has 2 rings (SSSR count). The molecule has 0 bridgehead atoms. The molecule has 0 spiro atoms. The summed E-state index contributed by atoms with van der Waals surface area (Å²) in [5.74, 6) is -0.0622. The van der Waals surface area contributed by atoms with Crippen LogP contribution >= 0.6 is 23.2 Å². The number of carbonyl (C=O) groups is 1. The first-order chi connectivity index (χ1) is 10.6. The molecule has 1 aromatic carbocycles. The fourth-order valence-corrected chi connectivity index (χ4v) is 2.41. The molecule has 0 saturated heterocycles. The first-order valence-corrected chi connectivity index (χ1v) is 7.72. The van der Waals surface area contributed by atoms with Crippen molar-refractivity contribution >= 4 is 29.1 Å². The van der Waals surface area contributed by atoms with Crippen molar-refractivity contribution < 1.29 is 4.79 Å². The van der Waals surface area contributed by atoms with Crippen molar-refractivity contribution in [2.45, 2.75) is 13.0 Å². The van der Waals surface area contributed by atoms with Crippen molar-refractivity contribution in [1.29, 1.82) is 0 Å². The number of rotatable bonds is 7. The Morgan fingerprint density at radius 2 is 2.05 bits per heavy atom. The van der Waals surface area contributed by atoms with Crippen LogP contribution in [0.1, 0.15) is 11.3 Å². The zero-order valence-corrected chi connectivity index (χ0v) is 13.5. The zero-order chi connectivity index (χ0) is 15.8. The molecule has 116 valence electrons. The largest absolute Gasteiger partial charge is 0.349 e. The summed E-state index contributed by atoms with van der Waals surface area (Å²) in [4.78, 5) is 15.8. The summed E-state index contributed by atoms with van der Waals surface area (Å²) in [6.07, 6.45) is 2.44. The van der Waals surface area contributed by atoms with Crippen molar-refractivity contribution in [3.8, 4) is 0 Å². The molecule has 1 heterocycles. The van der Waals surface area contributed by atoms with Gasteiger partial charge in [-0.15, -0.1) is 0 Å². The third kappa shape index (κ3) is 5.64. The van der Waals surface area contributed by atoms with Gasteiger partial charge < -0.3 is 10.6 Å². The van der Waals surface area contributed by atoms with Gasteiger partial charge in [0.1, 0.15) is 0 Å². The summed E-state index contributed by atoms with van der Waals surface area (Å²) >= 11 is 11.9. The van der Waals surface area contributed by atoms with Crippen molar-refractivity contribution in [1.82, 2.24) is 15.6 Å². The third-order valence-electron chi connectivity index (χ3n) is 3.06. The zero-order valence-electron chi connectivity index (χ0n) is 12.0. The summed E-state index contributed by atoms with van der Waals surface area (Å²) in [7, 11) is 0. The first kappa shape index (κ1) is 16.7. The van der Waals surface area contributed by atoms with Crippen LogP contribution in [-0.4, -0.2) is 24.0 Å². The van der Waals surface area contributed by atoms with Gasteiger partial charge in [-0.2, -0.15) is 0 Å². The van der Waals surface area contributed by atoms with Gasteiger partial charge in [-0.05, 0) is 42.8 Å². The molecule has 0 radical (unpaired) electrons. The number of aromatic nitrogens is 1. The predicted molar refractivity (Wildman–Crippen MR) is 89.1 cm³/mol. The number of hydrogen-bond donors (Lipinski definition) is 2. The number of hydrogen-bond acceptors (Lipinski definition) is 3. The maximum Gasteiger partial charge on any atom is 0.234 e. The summed E-state index contributed by atoms with van der Waals surface area (Å²) in [5, 5.41) is 7.16. The van der Waals surface area contributed by atoms with Gasteiger partial charge in [0.15, 0.2) is 0 Å². The lowest BCUT2D eigenvalue weighted by atomic mass is 10.1. The van der Waals surface area contributed by atoms with Crippen molar-refractivity contribution in [3.63, 3.8) is 0 Å². The highest BCUT2D eigenvalue weighted by molar-refractivity contribution is 6.35. The minimum atomic E-state index is -0.0622. The third-order valence-corrected chi connectivity index (χ3v) is 3.65. The fraction of sp³-hybridized carbons (Fsp3) is 0.250. The molecular formula is C16H17Cl2N3O. The van der Waals surface area contributed by atoms with Crippen LogP contribution < -0.4 is 10.6 Å². The Kier molecular flexibility index (Phi) is 6.65. The number of halogens is 2. The van der Waals surface area contributed by atoms with Crippen LogP contribution in [0.25, 0.3) is 0 Å². The van der Waals surface area contributed by atoms with Gasteiger partial charge in [-0.25, -0.2) is 0 Å². The topological polar surface area (TPSA) is 54.0 Å². The second-order valence-corrected chi connectivity index (χ2v) is 5.60. The molecule has 2 N–H and O–H groups in total. The predicted octanol–water partition coefficient (Wildman–Crippen LogP) is 2.84. The average molecular weight is 338 g/mol. The molecule has 2 aromatic rings. The van der Waals surface area contributed by atoms with E-state index >= 15 is 0 Å². The van der Waals surface area contributed by atoms with Gasteiger partial charge in [0, 0.05) is 16.2 Å². The second-order valence-electron chi connectivity index (χ2n) is 4.76. The van der Waals surface area contributed by atoms with E-state index in [1.165, 1.54) is 0 Å². The van der Waals surface area contributed by atoms with Crippen LogP contribution in [0, 0.1) is 0 Å². The van der Waals surface area contributed by atoms with Gasteiger partial charge in [-0.1, -0.05) is 35.3 Å². The molecular weight excluding hydrogens is 321 g/mol. The summed E-state index contributed by atoms with van der Waals surface area (Å²) < 4.78 is 0. The van der Waals surface area contributed by atoms with Crippen LogP contribution in [0.2, 0.25) is 10.0 Å². The first-order valence-electron chi connectivity index (χ1n) is 6.96. The van der Waals surface area contributed by atoms with Crippen molar-refractivity contribution in [2.24, 2.45) is 0 Å². The van der Waals surface area contributed by atoms with E-state index in [-0.39, 0.29) is 12.5 Å². The summed E-state index contributed by atoms with van der Waals surface area (Å²) in [5.41, 5.74) is 1.84. The monoisotopic (exact) mass is 337 g/mol. The smallest absolute Gasteiger partial charge is 0.234 e. The molecule has 4 nitrogen and oxygen atoms in total. The Labute approximate surface area is 139 Å². The van der Waals surface area contributed by atoms with E-state index in [9.17, 15) is 4.79 Å². The van der Waals surface area contributed by atoms with Crippen molar-refractivity contribution in [2.75, 3.05) is 13.1 Å². The fourth-order valence-electron chi connectivity index (χ4n) is 1.90.